The minimum absolute atomic E-state index is 0.211. The highest BCUT2D eigenvalue weighted by molar-refractivity contribution is 5.83. The zero-order valence-electron chi connectivity index (χ0n) is 10.7. The van der Waals surface area contributed by atoms with E-state index in [1.165, 1.54) is 6.26 Å². The van der Waals surface area contributed by atoms with Gasteiger partial charge in [0.1, 0.15) is 12.6 Å². The first kappa shape index (κ1) is 13.7. The Morgan fingerprint density at radius 2 is 2.35 bits per heavy atom. The molecule has 0 spiro atoms. The van der Waals surface area contributed by atoms with Gasteiger partial charge in [-0.1, -0.05) is 6.92 Å². The third-order valence-electron chi connectivity index (χ3n) is 2.52. The number of rotatable bonds is 6. The van der Waals surface area contributed by atoms with Crippen molar-refractivity contribution in [3.8, 4) is 11.6 Å². The Hall–Kier alpha value is -2.71. The van der Waals surface area contributed by atoms with Gasteiger partial charge in [0.05, 0.1) is 6.26 Å². The highest BCUT2D eigenvalue weighted by Gasteiger charge is 2.18. The molecule has 2 heterocycles. The third kappa shape index (κ3) is 3.19. The molecule has 2 rings (SSSR count). The Bertz CT molecular complexity index is 592. The van der Waals surface area contributed by atoms with Gasteiger partial charge in [-0.3, -0.25) is 4.79 Å². The highest BCUT2D eigenvalue weighted by Crippen LogP contribution is 2.12. The normalized spacial score (nSPS) is 12.1. The van der Waals surface area contributed by atoms with Crippen molar-refractivity contribution in [2.45, 2.75) is 25.9 Å². The van der Waals surface area contributed by atoms with Crippen LogP contribution >= 0.6 is 0 Å². The number of hydrogen-bond donors (Lipinski definition) is 2. The second-order valence-electron chi connectivity index (χ2n) is 3.99. The van der Waals surface area contributed by atoms with Gasteiger partial charge in [-0.2, -0.15) is 4.80 Å². The van der Waals surface area contributed by atoms with Crippen molar-refractivity contribution in [1.82, 2.24) is 25.5 Å². The first-order chi connectivity index (χ1) is 9.60. The van der Waals surface area contributed by atoms with E-state index in [4.69, 9.17) is 9.52 Å². The maximum absolute atomic E-state index is 11.7. The highest BCUT2D eigenvalue weighted by atomic mass is 16.4. The number of hydrogen-bond acceptors (Lipinski definition) is 6. The standard InChI is InChI=1S/C11H13N5O4/c1-2-7(11(18)19)12-9(17)6-16-14-10(13-15-16)8-4-3-5-20-8/h3-5,7H,2,6H2,1H3,(H,12,17)(H,18,19)/t7-/m1/s1. The van der Waals surface area contributed by atoms with Gasteiger partial charge in [0.25, 0.3) is 0 Å². The maximum Gasteiger partial charge on any atom is 0.326 e. The van der Waals surface area contributed by atoms with Crippen molar-refractivity contribution in [3.05, 3.63) is 18.4 Å². The lowest BCUT2D eigenvalue weighted by Crippen LogP contribution is -2.42. The van der Waals surface area contributed by atoms with E-state index in [0.717, 1.165) is 4.80 Å². The molecule has 20 heavy (non-hydrogen) atoms. The number of tetrazole rings is 1. The van der Waals surface area contributed by atoms with Crippen LogP contribution in [0.4, 0.5) is 0 Å². The molecule has 9 heteroatoms. The van der Waals surface area contributed by atoms with Crippen molar-refractivity contribution < 1.29 is 19.1 Å². The summed E-state index contributed by atoms with van der Waals surface area (Å²) in [5.74, 6) is -0.881. The Morgan fingerprint density at radius 1 is 1.55 bits per heavy atom. The van der Waals surface area contributed by atoms with E-state index in [0.29, 0.717) is 12.2 Å². The molecule has 0 saturated heterocycles. The third-order valence-corrected chi connectivity index (χ3v) is 2.52. The van der Waals surface area contributed by atoms with Gasteiger partial charge >= 0.3 is 5.97 Å². The molecule has 0 bridgehead atoms. The summed E-state index contributed by atoms with van der Waals surface area (Å²) in [6.45, 7) is 1.46. The largest absolute Gasteiger partial charge is 0.480 e. The molecule has 1 atom stereocenters. The molecule has 0 aromatic carbocycles. The van der Waals surface area contributed by atoms with Gasteiger partial charge < -0.3 is 14.8 Å². The number of aromatic nitrogens is 4. The van der Waals surface area contributed by atoms with Crippen LogP contribution in [0, 0.1) is 0 Å². The molecule has 0 aliphatic rings. The molecule has 0 fully saturated rings. The number of nitrogens with one attached hydrogen (secondary N) is 1. The first-order valence-electron chi connectivity index (χ1n) is 5.94. The van der Waals surface area contributed by atoms with Gasteiger partial charge in [-0.15, -0.1) is 10.2 Å². The fourth-order valence-electron chi connectivity index (χ4n) is 1.52. The molecule has 2 N–H and O–H groups in total. The van der Waals surface area contributed by atoms with Crippen molar-refractivity contribution >= 4 is 11.9 Å². The van der Waals surface area contributed by atoms with Crippen LogP contribution in [0.25, 0.3) is 11.6 Å². The molecule has 106 valence electrons. The molecule has 0 radical (unpaired) electrons. The summed E-state index contributed by atoms with van der Waals surface area (Å²) in [6, 6.07) is 2.43. The minimum Gasteiger partial charge on any atom is -0.480 e. The lowest BCUT2D eigenvalue weighted by Gasteiger charge is -2.11. The van der Waals surface area contributed by atoms with Gasteiger partial charge in [0, 0.05) is 0 Å². The topological polar surface area (TPSA) is 123 Å². The van der Waals surface area contributed by atoms with Crippen LogP contribution in [0.5, 0.6) is 0 Å². The fourth-order valence-corrected chi connectivity index (χ4v) is 1.52. The maximum atomic E-state index is 11.7. The molecule has 2 aromatic heterocycles. The number of nitrogens with zero attached hydrogens (tertiary/aromatic N) is 4. The lowest BCUT2D eigenvalue weighted by molar-refractivity contribution is -0.142. The molecule has 0 unspecified atom stereocenters. The van der Waals surface area contributed by atoms with Crippen molar-refractivity contribution in [1.29, 1.82) is 0 Å². The summed E-state index contributed by atoms with van der Waals surface area (Å²) < 4.78 is 5.09. The number of aliphatic carboxylic acids is 1. The summed E-state index contributed by atoms with van der Waals surface area (Å²) in [7, 11) is 0. The Morgan fingerprint density at radius 3 is 2.95 bits per heavy atom. The zero-order valence-corrected chi connectivity index (χ0v) is 10.7. The van der Waals surface area contributed by atoms with E-state index in [2.05, 4.69) is 20.7 Å². The van der Waals surface area contributed by atoms with E-state index >= 15 is 0 Å². The molecule has 0 aliphatic heterocycles. The summed E-state index contributed by atoms with van der Waals surface area (Å²) in [5.41, 5.74) is 0. The SMILES string of the molecule is CC[C@@H](NC(=O)Cn1nnc(-c2ccco2)n1)C(=O)O. The first-order valence-corrected chi connectivity index (χ1v) is 5.94. The van der Waals surface area contributed by atoms with E-state index in [-0.39, 0.29) is 12.4 Å². The molecule has 0 aliphatic carbocycles. The van der Waals surface area contributed by atoms with Gasteiger partial charge in [0.2, 0.25) is 11.7 Å². The molecule has 0 saturated carbocycles. The Kier molecular flexibility index (Phi) is 4.08. The summed E-state index contributed by atoms with van der Waals surface area (Å²) >= 11 is 0. The quantitative estimate of drug-likeness (QED) is 0.757. The van der Waals surface area contributed by atoms with Crippen LogP contribution in [0.2, 0.25) is 0 Å². The predicted octanol–water partition coefficient (Wildman–Crippen LogP) is -0.0875. The van der Waals surface area contributed by atoms with Crippen LogP contribution < -0.4 is 5.32 Å². The second kappa shape index (κ2) is 5.95. The van der Waals surface area contributed by atoms with Crippen molar-refractivity contribution in [3.63, 3.8) is 0 Å². The average Bonchev–Trinajstić information content (AvgIpc) is 3.05. The van der Waals surface area contributed by atoms with E-state index in [1.54, 1.807) is 19.1 Å². The van der Waals surface area contributed by atoms with E-state index in [9.17, 15) is 9.59 Å². The number of carboxylic acids is 1. The van der Waals surface area contributed by atoms with Gasteiger partial charge in [0.15, 0.2) is 5.76 Å². The number of carboxylic acid groups (broad SMARTS) is 1. The van der Waals surface area contributed by atoms with Gasteiger partial charge in [-0.25, -0.2) is 4.79 Å². The number of carbonyl (C=O) groups excluding carboxylic acids is 1. The molecular formula is C11H13N5O4. The predicted molar refractivity (Wildman–Crippen MR) is 65.4 cm³/mol. The van der Waals surface area contributed by atoms with Crippen LogP contribution in [-0.2, 0) is 16.1 Å². The summed E-state index contributed by atoms with van der Waals surface area (Å²) in [6.07, 6.45) is 1.77. The molecule has 2 aromatic rings. The van der Waals surface area contributed by atoms with Crippen molar-refractivity contribution in [2.75, 3.05) is 0 Å². The van der Waals surface area contributed by atoms with Crippen LogP contribution in [0.3, 0.4) is 0 Å². The number of carbonyl (C=O) groups is 2. The smallest absolute Gasteiger partial charge is 0.326 e. The molecule has 1 amide bonds. The van der Waals surface area contributed by atoms with E-state index < -0.39 is 17.9 Å². The minimum atomic E-state index is -1.08. The average molecular weight is 279 g/mol. The molecule has 9 nitrogen and oxygen atoms in total. The number of furan rings is 1. The van der Waals surface area contributed by atoms with E-state index in [1.807, 2.05) is 0 Å². The monoisotopic (exact) mass is 279 g/mol. The van der Waals surface area contributed by atoms with Crippen LogP contribution in [0.15, 0.2) is 22.8 Å². The van der Waals surface area contributed by atoms with Crippen LogP contribution in [0.1, 0.15) is 13.3 Å². The zero-order chi connectivity index (χ0) is 14.5. The summed E-state index contributed by atoms with van der Waals surface area (Å²) in [5, 5.41) is 22.6. The molecular weight excluding hydrogens is 266 g/mol. The lowest BCUT2D eigenvalue weighted by atomic mass is 10.2. The Balaban J connectivity index is 1.97. The number of amides is 1. The van der Waals surface area contributed by atoms with Crippen molar-refractivity contribution in [2.24, 2.45) is 0 Å². The second-order valence-corrected chi connectivity index (χ2v) is 3.99. The van der Waals surface area contributed by atoms with Gasteiger partial charge in [-0.05, 0) is 23.8 Å². The summed E-state index contributed by atoms with van der Waals surface area (Å²) in [4.78, 5) is 23.5. The Labute approximate surface area is 113 Å². The van der Waals surface area contributed by atoms with Crippen LogP contribution in [-0.4, -0.2) is 43.2 Å². The fraction of sp³-hybridized carbons (Fsp3) is 0.364.